The van der Waals surface area contributed by atoms with Gasteiger partial charge >= 0.3 is 6.09 Å². The summed E-state index contributed by atoms with van der Waals surface area (Å²) in [6.45, 7) is 15.3. The first-order chi connectivity index (χ1) is 17.6. The molecule has 6 heteroatoms. The zero-order chi connectivity index (χ0) is 27.0. The number of aryl methyl sites for hydroxylation is 1. The molecule has 0 spiro atoms. The van der Waals surface area contributed by atoms with Gasteiger partial charge in [-0.25, -0.2) is 4.79 Å². The summed E-state index contributed by atoms with van der Waals surface area (Å²) in [5.74, 6) is 0.219. The number of carbonyl (C=O) groups is 1. The van der Waals surface area contributed by atoms with Gasteiger partial charge in [0, 0.05) is 48.8 Å². The molecule has 0 saturated carbocycles. The van der Waals surface area contributed by atoms with Crippen LogP contribution in [0.4, 0.5) is 4.79 Å². The maximum absolute atomic E-state index is 12.3. The van der Waals surface area contributed by atoms with Gasteiger partial charge in [-0.2, -0.15) is 0 Å². The van der Waals surface area contributed by atoms with Crippen LogP contribution in [0.3, 0.4) is 0 Å². The van der Waals surface area contributed by atoms with E-state index in [0.29, 0.717) is 25.2 Å². The Morgan fingerprint density at radius 2 is 1.95 bits per heavy atom. The molecular formula is C31H39N3O3. The van der Waals surface area contributed by atoms with E-state index in [9.17, 15) is 10.0 Å². The number of hydrogen-bond donors (Lipinski definition) is 1. The highest BCUT2D eigenvalue weighted by atomic mass is 16.6. The van der Waals surface area contributed by atoms with Crippen LogP contribution >= 0.6 is 0 Å². The second-order valence-corrected chi connectivity index (χ2v) is 10.5. The van der Waals surface area contributed by atoms with Crippen molar-refractivity contribution in [3.05, 3.63) is 101 Å². The second-order valence-electron chi connectivity index (χ2n) is 10.5. The predicted octanol–water partition coefficient (Wildman–Crippen LogP) is 7.16. The summed E-state index contributed by atoms with van der Waals surface area (Å²) >= 11 is 0. The number of pyridine rings is 1. The molecule has 196 valence electrons. The van der Waals surface area contributed by atoms with Gasteiger partial charge in [0.2, 0.25) is 0 Å². The van der Waals surface area contributed by atoms with Gasteiger partial charge in [-0.3, -0.25) is 4.98 Å². The Morgan fingerprint density at radius 1 is 1.24 bits per heavy atom. The number of likely N-dealkylation sites (tertiary alicyclic amines) is 1. The Hall–Kier alpha value is -3.67. The Kier molecular flexibility index (Phi) is 9.45. The van der Waals surface area contributed by atoms with Crippen molar-refractivity contribution >= 4 is 11.8 Å². The molecule has 2 aromatic rings. The van der Waals surface area contributed by atoms with Gasteiger partial charge in [-0.15, -0.1) is 0 Å². The van der Waals surface area contributed by atoms with Crippen molar-refractivity contribution in [2.45, 2.75) is 64.9 Å². The van der Waals surface area contributed by atoms with Crippen LogP contribution in [-0.2, 0) is 4.74 Å². The highest BCUT2D eigenvalue weighted by Gasteiger charge is 2.34. The number of nitrogens with zero attached hydrogens (tertiary/aromatic N) is 3. The van der Waals surface area contributed by atoms with Crippen molar-refractivity contribution in [1.82, 2.24) is 9.88 Å². The molecule has 6 nitrogen and oxygen atoms in total. The molecule has 3 rings (SSSR count). The number of benzene rings is 1. The van der Waals surface area contributed by atoms with Crippen molar-refractivity contribution < 1.29 is 14.7 Å². The molecule has 1 fully saturated rings. The van der Waals surface area contributed by atoms with E-state index >= 15 is 0 Å². The molecule has 1 amide bonds. The quantitative estimate of drug-likeness (QED) is 0.171. The molecular weight excluding hydrogens is 462 g/mol. The number of allylic oxidation sites excluding steroid dienone is 5. The second kappa shape index (κ2) is 12.5. The van der Waals surface area contributed by atoms with Crippen molar-refractivity contribution in [2.24, 2.45) is 5.16 Å². The number of rotatable bonds is 9. The van der Waals surface area contributed by atoms with E-state index in [2.05, 4.69) is 54.0 Å². The lowest BCUT2D eigenvalue weighted by Crippen LogP contribution is -2.50. The highest BCUT2D eigenvalue weighted by Crippen LogP contribution is 2.33. The molecule has 37 heavy (non-hydrogen) atoms. The summed E-state index contributed by atoms with van der Waals surface area (Å²) < 4.78 is 5.47. The van der Waals surface area contributed by atoms with Crippen LogP contribution in [0.5, 0.6) is 0 Å². The Balaban J connectivity index is 1.77. The van der Waals surface area contributed by atoms with Gasteiger partial charge in [0.05, 0.1) is 5.71 Å². The van der Waals surface area contributed by atoms with Gasteiger partial charge < -0.3 is 14.8 Å². The van der Waals surface area contributed by atoms with E-state index in [1.165, 1.54) is 5.56 Å². The molecule has 2 heterocycles. The smallest absolute Gasteiger partial charge is 0.410 e. The molecule has 0 aliphatic carbocycles. The van der Waals surface area contributed by atoms with Crippen LogP contribution < -0.4 is 0 Å². The highest BCUT2D eigenvalue weighted by molar-refractivity contribution is 6.01. The van der Waals surface area contributed by atoms with E-state index in [1.807, 2.05) is 58.1 Å². The molecule has 1 N–H and O–H groups in total. The summed E-state index contributed by atoms with van der Waals surface area (Å²) in [4.78, 5) is 18.3. The van der Waals surface area contributed by atoms with Crippen LogP contribution in [0, 0.1) is 6.92 Å². The van der Waals surface area contributed by atoms with Crippen molar-refractivity contribution in [3.8, 4) is 0 Å². The number of aromatic nitrogens is 1. The third-order valence-corrected chi connectivity index (χ3v) is 6.33. The fourth-order valence-electron chi connectivity index (χ4n) is 4.27. The first kappa shape index (κ1) is 27.9. The average Bonchev–Trinajstić information content (AvgIpc) is 2.81. The van der Waals surface area contributed by atoms with Crippen LogP contribution in [0.1, 0.15) is 74.8 Å². The molecule has 0 unspecified atom stereocenters. The van der Waals surface area contributed by atoms with Gasteiger partial charge in [0.1, 0.15) is 5.60 Å². The molecule has 0 bridgehead atoms. The zero-order valence-corrected chi connectivity index (χ0v) is 22.6. The lowest BCUT2D eigenvalue weighted by molar-refractivity contribution is 0.00819. The maximum Gasteiger partial charge on any atom is 0.410 e. The van der Waals surface area contributed by atoms with Gasteiger partial charge in [0.15, 0.2) is 0 Å². The maximum atomic E-state index is 12.3. The summed E-state index contributed by atoms with van der Waals surface area (Å²) in [5.41, 5.74) is 5.02. The molecule has 0 radical (unpaired) electrons. The first-order valence-corrected chi connectivity index (χ1v) is 12.8. The van der Waals surface area contributed by atoms with Crippen molar-refractivity contribution in [1.29, 1.82) is 0 Å². The fraction of sp³-hybridized carbons (Fsp3) is 0.387. The third-order valence-electron chi connectivity index (χ3n) is 6.33. The molecule has 1 aliphatic heterocycles. The van der Waals surface area contributed by atoms with Crippen molar-refractivity contribution in [3.63, 3.8) is 0 Å². The van der Waals surface area contributed by atoms with E-state index in [1.54, 1.807) is 11.1 Å². The SMILES string of the molecule is C=C(/C=C\C=C/CC)[C@H](C/C(=N\O)c1ccnc(C)c1)c1ccc(C2CN(C(=O)OC(C)(C)C)C2)cc1. The summed E-state index contributed by atoms with van der Waals surface area (Å²) in [6.07, 6.45) is 11.1. The molecule has 1 saturated heterocycles. The molecule has 1 aromatic heterocycles. The number of hydrogen-bond acceptors (Lipinski definition) is 5. The first-order valence-electron chi connectivity index (χ1n) is 12.8. The third kappa shape index (κ3) is 7.91. The lowest BCUT2D eigenvalue weighted by Gasteiger charge is -2.40. The van der Waals surface area contributed by atoms with Gasteiger partial charge in [-0.1, -0.05) is 67.2 Å². The Bertz CT molecular complexity index is 1170. The molecule has 1 aliphatic rings. The molecule has 1 aromatic carbocycles. The van der Waals surface area contributed by atoms with E-state index in [0.717, 1.165) is 28.8 Å². The standard InChI is InChI=1S/C31H39N3O3/c1-7-8-9-10-11-22(2)28(19-29(33-36)26-16-17-32-23(3)18-26)25-14-12-24(13-15-25)27-20-34(21-27)30(35)37-31(4,5)6/h8-18,27-28,36H,2,7,19-21H2,1,3-6H3/b9-8-,11-10-,33-29+/t28-/m0/s1. The number of amides is 1. The van der Waals surface area contributed by atoms with Crippen molar-refractivity contribution in [2.75, 3.05) is 13.1 Å². The minimum Gasteiger partial charge on any atom is -0.444 e. The zero-order valence-electron chi connectivity index (χ0n) is 22.6. The van der Waals surface area contributed by atoms with E-state index in [4.69, 9.17) is 4.74 Å². The van der Waals surface area contributed by atoms with Crippen LogP contribution in [0.15, 0.2) is 84.2 Å². The Labute approximate surface area is 221 Å². The topological polar surface area (TPSA) is 75.0 Å². The van der Waals surface area contributed by atoms with Gasteiger partial charge in [0.25, 0.3) is 0 Å². The summed E-state index contributed by atoms with van der Waals surface area (Å²) in [5, 5.41) is 13.5. The monoisotopic (exact) mass is 501 g/mol. The molecule has 1 atom stereocenters. The van der Waals surface area contributed by atoms with E-state index in [-0.39, 0.29) is 17.9 Å². The minimum atomic E-state index is -0.492. The number of ether oxygens (including phenoxy) is 1. The number of oxime groups is 1. The average molecular weight is 502 g/mol. The largest absolute Gasteiger partial charge is 0.444 e. The Morgan fingerprint density at radius 3 is 2.54 bits per heavy atom. The van der Waals surface area contributed by atoms with Crippen LogP contribution in [0.25, 0.3) is 0 Å². The van der Waals surface area contributed by atoms with Gasteiger partial charge in [-0.05, 0) is 62.9 Å². The number of carbonyl (C=O) groups excluding carboxylic acids is 1. The predicted molar refractivity (Wildman–Crippen MR) is 149 cm³/mol. The minimum absolute atomic E-state index is 0.0700. The summed E-state index contributed by atoms with van der Waals surface area (Å²) in [6, 6.07) is 12.3. The van der Waals surface area contributed by atoms with Crippen LogP contribution in [0.2, 0.25) is 0 Å². The fourth-order valence-corrected chi connectivity index (χ4v) is 4.27. The normalized spacial score (nSPS) is 15.7. The lowest BCUT2D eigenvalue weighted by atomic mass is 9.83. The summed E-state index contributed by atoms with van der Waals surface area (Å²) in [7, 11) is 0. The van der Waals surface area contributed by atoms with Crippen LogP contribution in [-0.4, -0.2) is 45.6 Å². The van der Waals surface area contributed by atoms with E-state index < -0.39 is 5.60 Å².